The van der Waals surface area contributed by atoms with Crippen molar-refractivity contribution in [2.75, 3.05) is 5.32 Å². The van der Waals surface area contributed by atoms with Gasteiger partial charge in [0, 0.05) is 16.3 Å². The summed E-state index contributed by atoms with van der Waals surface area (Å²) >= 11 is 5.89. The Morgan fingerprint density at radius 2 is 1.89 bits per heavy atom. The van der Waals surface area contributed by atoms with Gasteiger partial charge in [-0.25, -0.2) is 0 Å². The summed E-state index contributed by atoms with van der Waals surface area (Å²) in [6.45, 7) is 1.85. The first-order valence-corrected chi connectivity index (χ1v) is 6.05. The molecule has 0 aromatic heterocycles. The summed E-state index contributed by atoms with van der Waals surface area (Å²) in [6.07, 6.45) is 0. The number of hydrogen-bond donors (Lipinski definition) is 1. The second-order valence-electron chi connectivity index (χ2n) is 4.10. The van der Waals surface area contributed by atoms with Crippen LogP contribution in [0.5, 0.6) is 0 Å². The number of carbonyl (C=O) groups excluding carboxylic acids is 1. The maximum absolute atomic E-state index is 12.1. The molecule has 4 heteroatoms. The highest BCUT2D eigenvalue weighted by atomic mass is 35.5. The van der Waals surface area contributed by atoms with Gasteiger partial charge in [0.05, 0.1) is 11.6 Å². The second-order valence-corrected chi connectivity index (χ2v) is 4.54. The number of anilines is 1. The van der Waals surface area contributed by atoms with Gasteiger partial charge in [0.25, 0.3) is 5.91 Å². The number of amides is 1. The van der Waals surface area contributed by atoms with Crippen molar-refractivity contribution < 1.29 is 4.79 Å². The summed E-state index contributed by atoms with van der Waals surface area (Å²) in [4.78, 5) is 12.1. The average Bonchev–Trinajstić information content (AvgIpc) is 2.42. The Morgan fingerprint density at radius 3 is 2.53 bits per heavy atom. The maximum atomic E-state index is 12.1. The van der Waals surface area contributed by atoms with Crippen LogP contribution in [0.2, 0.25) is 5.02 Å². The zero-order chi connectivity index (χ0) is 13.8. The molecule has 2 rings (SSSR count). The summed E-state index contributed by atoms with van der Waals surface area (Å²) in [5.74, 6) is -0.218. The van der Waals surface area contributed by atoms with E-state index in [1.807, 2.05) is 13.0 Å². The molecule has 0 saturated heterocycles. The molecule has 2 aromatic carbocycles. The van der Waals surface area contributed by atoms with Crippen LogP contribution in [-0.2, 0) is 0 Å². The fraction of sp³-hybridized carbons (Fsp3) is 0.0667. The Morgan fingerprint density at radius 1 is 1.21 bits per heavy atom. The highest BCUT2D eigenvalue weighted by Crippen LogP contribution is 2.17. The number of nitrogens with one attached hydrogen (secondary N) is 1. The van der Waals surface area contributed by atoms with Gasteiger partial charge in [0.1, 0.15) is 0 Å². The average molecular weight is 271 g/mol. The quantitative estimate of drug-likeness (QED) is 0.903. The minimum atomic E-state index is -0.218. The highest BCUT2D eigenvalue weighted by Gasteiger charge is 2.09. The lowest BCUT2D eigenvalue weighted by Crippen LogP contribution is -2.13. The van der Waals surface area contributed by atoms with Gasteiger partial charge in [-0.2, -0.15) is 5.26 Å². The first-order chi connectivity index (χ1) is 9.10. The maximum Gasteiger partial charge on any atom is 0.255 e. The van der Waals surface area contributed by atoms with Gasteiger partial charge < -0.3 is 5.32 Å². The molecular formula is C15H11ClN2O. The minimum Gasteiger partial charge on any atom is -0.322 e. The van der Waals surface area contributed by atoms with Crippen molar-refractivity contribution in [3.8, 4) is 6.07 Å². The normalized spacial score (nSPS) is 9.74. The molecule has 0 saturated carbocycles. The van der Waals surface area contributed by atoms with Crippen molar-refractivity contribution in [3.63, 3.8) is 0 Å². The molecule has 94 valence electrons. The van der Waals surface area contributed by atoms with E-state index in [-0.39, 0.29) is 5.91 Å². The zero-order valence-corrected chi connectivity index (χ0v) is 11.0. The number of benzene rings is 2. The predicted octanol–water partition coefficient (Wildman–Crippen LogP) is 3.77. The second kappa shape index (κ2) is 5.55. The lowest BCUT2D eigenvalue weighted by atomic mass is 10.1. The van der Waals surface area contributed by atoms with Crippen LogP contribution in [-0.4, -0.2) is 5.91 Å². The first-order valence-electron chi connectivity index (χ1n) is 5.68. The SMILES string of the molecule is Cc1ccc(Cl)cc1C(=O)Nc1ccc(C#N)cc1. The van der Waals surface area contributed by atoms with E-state index < -0.39 is 0 Å². The lowest BCUT2D eigenvalue weighted by molar-refractivity contribution is 0.102. The molecule has 1 N–H and O–H groups in total. The molecule has 0 radical (unpaired) electrons. The first kappa shape index (κ1) is 13.1. The molecule has 0 heterocycles. The molecule has 1 amide bonds. The predicted molar refractivity (Wildman–Crippen MR) is 75.3 cm³/mol. The molecule has 3 nitrogen and oxygen atoms in total. The number of carbonyl (C=O) groups is 1. The summed E-state index contributed by atoms with van der Waals surface area (Å²) < 4.78 is 0. The van der Waals surface area contributed by atoms with Gasteiger partial charge in [0.15, 0.2) is 0 Å². The Balaban J connectivity index is 2.21. The molecule has 0 spiro atoms. The standard InChI is InChI=1S/C15H11ClN2O/c1-10-2-5-12(16)8-14(10)15(19)18-13-6-3-11(9-17)4-7-13/h2-8H,1H3,(H,18,19). The van der Waals surface area contributed by atoms with Crippen molar-refractivity contribution in [1.29, 1.82) is 5.26 Å². The van der Waals surface area contributed by atoms with Gasteiger partial charge >= 0.3 is 0 Å². The third kappa shape index (κ3) is 3.12. The van der Waals surface area contributed by atoms with Crippen LogP contribution in [0.4, 0.5) is 5.69 Å². The van der Waals surface area contributed by atoms with Crippen LogP contribution in [0.15, 0.2) is 42.5 Å². The van der Waals surface area contributed by atoms with Crippen LogP contribution >= 0.6 is 11.6 Å². The Hall–Kier alpha value is -2.31. The largest absolute Gasteiger partial charge is 0.322 e. The Bertz CT molecular complexity index is 657. The molecule has 19 heavy (non-hydrogen) atoms. The van der Waals surface area contributed by atoms with Gasteiger partial charge in [-0.3, -0.25) is 4.79 Å². The van der Waals surface area contributed by atoms with Crippen molar-refractivity contribution in [2.24, 2.45) is 0 Å². The zero-order valence-electron chi connectivity index (χ0n) is 10.3. The van der Waals surface area contributed by atoms with E-state index >= 15 is 0 Å². The van der Waals surface area contributed by atoms with E-state index in [2.05, 4.69) is 5.32 Å². The summed E-state index contributed by atoms with van der Waals surface area (Å²) in [6, 6.07) is 13.9. The smallest absolute Gasteiger partial charge is 0.255 e. The minimum absolute atomic E-state index is 0.218. The topological polar surface area (TPSA) is 52.9 Å². The third-order valence-corrected chi connectivity index (χ3v) is 2.95. The number of aryl methyl sites for hydroxylation is 1. The Labute approximate surface area is 116 Å². The third-order valence-electron chi connectivity index (χ3n) is 2.72. The van der Waals surface area contributed by atoms with E-state index in [0.29, 0.717) is 21.8 Å². The van der Waals surface area contributed by atoms with E-state index in [4.69, 9.17) is 16.9 Å². The van der Waals surface area contributed by atoms with E-state index in [1.54, 1.807) is 42.5 Å². The summed E-state index contributed by atoms with van der Waals surface area (Å²) in [7, 11) is 0. The van der Waals surface area contributed by atoms with E-state index in [0.717, 1.165) is 5.56 Å². The summed E-state index contributed by atoms with van der Waals surface area (Å²) in [5, 5.41) is 12.0. The number of rotatable bonds is 2. The molecule has 0 bridgehead atoms. The van der Waals surface area contributed by atoms with Gasteiger partial charge in [-0.15, -0.1) is 0 Å². The number of halogens is 1. The molecule has 0 unspecified atom stereocenters. The van der Waals surface area contributed by atoms with Crippen molar-refractivity contribution >= 4 is 23.2 Å². The number of nitrogens with zero attached hydrogens (tertiary/aromatic N) is 1. The van der Waals surface area contributed by atoms with Crippen LogP contribution in [0.1, 0.15) is 21.5 Å². The fourth-order valence-electron chi connectivity index (χ4n) is 1.67. The van der Waals surface area contributed by atoms with E-state index in [1.165, 1.54) is 0 Å². The number of nitriles is 1. The van der Waals surface area contributed by atoms with Crippen LogP contribution < -0.4 is 5.32 Å². The number of hydrogen-bond acceptors (Lipinski definition) is 2. The summed E-state index contributed by atoms with van der Waals surface area (Å²) in [5.41, 5.74) is 2.59. The fourth-order valence-corrected chi connectivity index (χ4v) is 1.84. The van der Waals surface area contributed by atoms with Gasteiger partial charge in [-0.05, 0) is 48.9 Å². The molecular weight excluding hydrogens is 260 g/mol. The van der Waals surface area contributed by atoms with E-state index in [9.17, 15) is 4.79 Å². The van der Waals surface area contributed by atoms with Crippen molar-refractivity contribution in [3.05, 3.63) is 64.2 Å². The van der Waals surface area contributed by atoms with Gasteiger partial charge in [-0.1, -0.05) is 17.7 Å². The van der Waals surface area contributed by atoms with Crippen molar-refractivity contribution in [1.82, 2.24) is 0 Å². The van der Waals surface area contributed by atoms with Crippen molar-refractivity contribution in [2.45, 2.75) is 6.92 Å². The van der Waals surface area contributed by atoms with Crippen LogP contribution in [0.25, 0.3) is 0 Å². The highest BCUT2D eigenvalue weighted by molar-refractivity contribution is 6.31. The molecule has 0 atom stereocenters. The van der Waals surface area contributed by atoms with Crippen LogP contribution in [0, 0.1) is 18.3 Å². The Kier molecular flexibility index (Phi) is 3.84. The molecule has 2 aromatic rings. The lowest BCUT2D eigenvalue weighted by Gasteiger charge is -2.08. The van der Waals surface area contributed by atoms with Crippen LogP contribution in [0.3, 0.4) is 0 Å². The van der Waals surface area contributed by atoms with Gasteiger partial charge in [0.2, 0.25) is 0 Å². The monoisotopic (exact) mass is 270 g/mol. The molecule has 0 fully saturated rings. The molecule has 0 aliphatic heterocycles. The molecule has 0 aliphatic rings. The molecule has 0 aliphatic carbocycles.